The predicted octanol–water partition coefficient (Wildman–Crippen LogP) is 5.14. The molecule has 0 aliphatic heterocycles. The number of amides is 1. The Labute approximate surface area is 207 Å². The van der Waals surface area contributed by atoms with E-state index >= 15 is 0 Å². The van der Waals surface area contributed by atoms with E-state index in [1.165, 1.54) is 56.7 Å². The van der Waals surface area contributed by atoms with E-state index in [9.17, 15) is 13.2 Å². The minimum Gasteiger partial charge on any atom is -0.495 e. The van der Waals surface area contributed by atoms with Gasteiger partial charge in [-0.25, -0.2) is 8.42 Å². The first-order valence-electron chi connectivity index (χ1n) is 9.86. The molecule has 2 N–H and O–H groups in total. The van der Waals surface area contributed by atoms with Crippen molar-refractivity contribution in [1.82, 2.24) is 0 Å². The lowest BCUT2D eigenvalue weighted by Gasteiger charge is -2.13. The molecule has 34 heavy (non-hydrogen) atoms. The minimum atomic E-state index is -3.83. The molecule has 0 saturated carbocycles. The second kappa shape index (κ2) is 10.9. The third kappa shape index (κ3) is 6.25. The van der Waals surface area contributed by atoms with E-state index in [2.05, 4.69) is 10.0 Å². The Morgan fingerprint density at radius 1 is 0.912 bits per heavy atom. The summed E-state index contributed by atoms with van der Waals surface area (Å²) >= 11 is 12.1. The number of aryl methyl sites for hydroxylation is 1. The molecule has 3 aromatic rings. The molecule has 3 rings (SSSR count). The van der Waals surface area contributed by atoms with Crippen molar-refractivity contribution >= 4 is 50.5 Å². The number of ether oxygens (including phenoxy) is 3. The molecule has 0 bridgehead atoms. The maximum absolute atomic E-state index is 12.6. The number of benzene rings is 3. The van der Waals surface area contributed by atoms with Gasteiger partial charge in [0.05, 0.1) is 35.5 Å². The van der Waals surface area contributed by atoms with Crippen molar-refractivity contribution < 1.29 is 27.4 Å². The average Bonchev–Trinajstić information content (AvgIpc) is 2.81. The Balaban J connectivity index is 1.62. The maximum atomic E-state index is 12.6. The fourth-order valence-electron chi connectivity index (χ4n) is 2.88. The van der Waals surface area contributed by atoms with Gasteiger partial charge in [0.2, 0.25) is 0 Å². The van der Waals surface area contributed by atoms with Crippen LogP contribution in [0.4, 0.5) is 11.4 Å². The van der Waals surface area contributed by atoms with E-state index in [-0.39, 0.29) is 11.5 Å². The minimum absolute atomic E-state index is 0.0268. The highest BCUT2D eigenvalue weighted by Crippen LogP contribution is 2.35. The topological polar surface area (TPSA) is 103 Å². The summed E-state index contributed by atoms with van der Waals surface area (Å²) < 4.78 is 43.6. The van der Waals surface area contributed by atoms with Crippen LogP contribution in [0.25, 0.3) is 0 Å². The second-order valence-electron chi connectivity index (χ2n) is 7.06. The molecule has 0 aromatic heterocycles. The molecule has 0 atom stereocenters. The molecule has 0 spiro atoms. The van der Waals surface area contributed by atoms with E-state index in [1.54, 1.807) is 12.1 Å². The number of carbonyl (C=O) groups excluding carboxylic acids is 1. The third-order valence-corrected chi connectivity index (χ3v) is 6.78. The van der Waals surface area contributed by atoms with Crippen LogP contribution in [0, 0.1) is 6.92 Å². The summed E-state index contributed by atoms with van der Waals surface area (Å²) in [7, 11) is -0.927. The molecule has 8 nitrogen and oxygen atoms in total. The van der Waals surface area contributed by atoms with Crippen LogP contribution in [0.15, 0.2) is 59.5 Å². The van der Waals surface area contributed by atoms with E-state index in [0.717, 1.165) is 5.56 Å². The van der Waals surface area contributed by atoms with Gasteiger partial charge < -0.3 is 19.5 Å². The SMILES string of the molecule is COc1cc(NC(=O)COc2ccc(S(=O)(=O)Nc3ccc(C)c(Cl)c3)cc2)c(OC)cc1Cl. The number of hydrogen-bond acceptors (Lipinski definition) is 6. The van der Waals surface area contributed by atoms with Gasteiger partial charge in [-0.3, -0.25) is 9.52 Å². The van der Waals surface area contributed by atoms with E-state index in [0.29, 0.717) is 38.7 Å². The molecule has 0 fully saturated rings. The summed E-state index contributed by atoms with van der Waals surface area (Å²) in [6, 6.07) is 13.6. The number of halogens is 2. The highest BCUT2D eigenvalue weighted by molar-refractivity contribution is 7.92. The lowest BCUT2D eigenvalue weighted by atomic mass is 10.2. The Kier molecular flexibility index (Phi) is 8.14. The van der Waals surface area contributed by atoms with Crippen molar-refractivity contribution in [3.63, 3.8) is 0 Å². The van der Waals surface area contributed by atoms with Crippen molar-refractivity contribution in [2.24, 2.45) is 0 Å². The molecule has 0 unspecified atom stereocenters. The summed E-state index contributed by atoms with van der Waals surface area (Å²) in [5, 5.41) is 3.45. The summed E-state index contributed by atoms with van der Waals surface area (Å²) in [4.78, 5) is 12.4. The lowest BCUT2D eigenvalue weighted by Crippen LogP contribution is -2.20. The molecule has 0 radical (unpaired) electrons. The van der Waals surface area contributed by atoms with Gasteiger partial charge in [-0.15, -0.1) is 0 Å². The van der Waals surface area contributed by atoms with E-state index < -0.39 is 15.9 Å². The van der Waals surface area contributed by atoms with Crippen molar-refractivity contribution in [3.8, 4) is 17.2 Å². The van der Waals surface area contributed by atoms with Crippen LogP contribution in [-0.2, 0) is 14.8 Å². The first kappa shape index (κ1) is 25.5. The van der Waals surface area contributed by atoms with Crippen LogP contribution in [-0.4, -0.2) is 35.2 Å². The quantitative estimate of drug-likeness (QED) is 0.401. The molecular weight excluding hydrogens is 503 g/mol. The maximum Gasteiger partial charge on any atom is 0.262 e. The molecule has 1 amide bonds. The first-order chi connectivity index (χ1) is 16.1. The molecule has 0 saturated heterocycles. The number of hydrogen-bond donors (Lipinski definition) is 2. The zero-order valence-corrected chi connectivity index (χ0v) is 20.8. The Morgan fingerprint density at radius 2 is 1.59 bits per heavy atom. The van der Waals surface area contributed by atoms with Gasteiger partial charge in [0.1, 0.15) is 17.2 Å². The third-order valence-electron chi connectivity index (χ3n) is 4.68. The van der Waals surface area contributed by atoms with Gasteiger partial charge in [0, 0.05) is 17.2 Å². The monoisotopic (exact) mass is 524 g/mol. The number of anilines is 2. The van der Waals surface area contributed by atoms with Crippen LogP contribution >= 0.6 is 23.2 Å². The molecule has 0 aliphatic rings. The van der Waals surface area contributed by atoms with Gasteiger partial charge in [0.15, 0.2) is 6.61 Å². The van der Waals surface area contributed by atoms with E-state index in [4.69, 9.17) is 37.4 Å². The smallest absolute Gasteiger partial charge is 0.262 e. The van der Waals surface area contributed by atoms with Crippen LogP contribution in [0.3, 0.4) is 0 Å². The number of carbonyl (C=O) groups is 1. The zero-order chi connectivity index (χ0) is 24.9. The zero-order valence-electron chi connectivity index (χ0n) is 18.5. The second-order valence-corrected chi connectivity index (χ2v) is 9.56. The molecule has 0 heterocycles. The molecular formula is C23H22Cl2N2O6S. The summed E-state index contributed by atoms with van der Waals surface area (Å²) in [6.07, 6.45) is 0. The first-order valence-corrected chi connectivity index (χ1v) is 12.1. The molecule has 180 valence electrons. The molecule has 0 aliphatic carbocycles. The van der Waals surface area contributed by atoms with Crippen LogP contribution in [0.1, 0.15) is 5.56 Å². The lowest BCUT2D eigenvalue weighted by molar-refractivity contribution is -0.118. The standard InChI is InChI=1S/C23H22Cl2N2O6S/c1-14-4-5-15(10-18(14)24)27-34(29,30)17-8-6-16(7-9-17)33-13-23(28)26-20-12-21(31-2)19(25)11-22(20)32-3/h4-12,27H,13H2,1-3H3,(H,26,28). The average molecular weight is 525 g/mol. The van der Waals surface area contributed by atoms with Crippen LogP contribution in [0.2, 0.25) is 10.0 Å². The van der Waals surface area contributed by atoms with Crippen molar-refractivity contribution in [3.05, 3.63) is 70.2 Å². The number of sulfonamides is 1. The highest BCUT2D eigenvalue weighted by Gasteiger charge is 2.16. The Morgan fingerprint density at radius 3 is 2.21 bits per heavy atom. The largest absolute Gasteiger partial charge is 0.495 e. The fraction of sp³-hybridized carbons (Fsp3) is 0.174. The Hall–Kier alpha value is -3.14. The van der Waals surface area contributed by atoms with Crippen LogP contribution in [0.5, 0.6) is 17.2 Å². The Bertz CT molecular complexity index is 1300. The fourth-order valence-corrected chi connectivity index (χ4v) is 4.34. The predicted molar refractivity (Wildman–Crippen MR) is 132 cm³/mol. The molecule has 3 aromatic carbocycles. The van der Waals surface area contributed by atoms with Gasteiger partial charge in [-0.2, -0.15) is 0 Å². The van der Waals surface area contributed by atoms with Crippen molar-refractivity contribution in [2.45, 2.75) is 11.8 Å². The van der Waals surface area contributed by atoms with Gasteiger partial charge >= 0.3 is 0 Å². The number of methoxy groups -OCH3 is 2. The number of nitrogens with one attached hydrogen (secondary N) is 2. The summed E-state index contributed by atoms with van der Waals surface area (Å²) in [5.74, 6) is 0.582. The van der Waals surface area contributed by atoms with Gasteiger partial charge in [0.25, 0.3) is 15.9 Å². The van der Waals surface area contributed by atoms with Gasteiger partial charge in [-0.1, -0.05) is 29.3 Å². The number of rotatable bonds is 9. The van der Waals surface area contributed by atoms with Crippen LogP contribution < -0.4 is 24.2 Å². The van der Waals surface area contributed by atoms with Crippen molar-refractivity contribution in [2.75, 3.05) is 30.9 Å². The van der Waals surface area contributed by atoms with E-state index in [1.807, 2.05) is 6.92 Å². The summed E-state index contributed by atoms with van der Waals surface area (Å²) in [6.45, 7) is 1.50. The van der Waals surface area contributed by atoms with Crippen molar-refractivity contribution in [1.29, 1.82) is 0 Å². The molecule has 11 heteroatoms. The normalized spacial score (nSPS) is 11.0. The van der Waals surface area contributed by atoms with Gasteiger partial charge in [-0.05, 0) is 48.9 Å². The summed E-state index contributed by atoms with van der Waals surface area (Å²) in [5.41, 5.74) is 1.55. The highest BCUT2D eigenvalue weighted by atomic mass is 35.5.